The second-order valence-corrected chi connectivity index (χ2v) is 11.2. The monoisotopic (exact) mass is 609 g/mol. The Morgan fingerprint density at radius 1 is 1.07 bits per heavy atom. The molecule has 0 saturated carbocycles. The summed E-state index contributed by atoms with van der Waals surface area (Å²) in [5.74, 6) is 6.04. The minimum Gasteiger partial charge on any atom is -0.444 e. The summed E-state index contributed by atoms with van der Waals surface area (Å²) in [5, 5.41) is 5.38. The topological polar surface area (TPSA) is 106 Å². The van der Waals surface area contributed by atoms with E-state index in [0.29, 0.717) is 49.6 Å². The maximum Gasteiger partial charge on any atom is 0.433 e. The fourth-order valence-corrected chi connectivity index (χ4v) is 4.33. The zero-order valence-electron chi connectivity index (χ0n) is 25.1. The van der Waals surface area contributed by atoms with E-state index in [1.54, 1.807) is 39.8 Å². The minimum atomic E-state index is -4.67. The number of amides is 2. The van der Waals surface area contributed by atoms with Gasteiger partial charge in [0.2, 0.25) is 0 Å². The number of alkyl carbamates (subject to hydrolysis) is 1. The molecular weight excluding hydrogens is 575 g/mol. The molecule has 0 radical (unpaired) electrons. The lowest BCUT2D eigenvalue weighted by Crippen LogP contribution is -2.37. The Kier molecular flexibility index (Phi) is 9.79. The van der Waals surface area contributed by atoms with Gasteiger partial charge in [0, 0.05) is 30.5 Å². The molecule has 1 aliphatic heterocycles. The Hall–Kier alpha value is -4.63. The Balaban J connectivity index is 1.64. The number of carbonyl (C=O) groups excluding carboxylic acids is 2. The number of hydrogen-bond donors (Lipinski definition) is 2. The van der Waals surface area contributed by atoms with E-state index in [2.05, 4.69) is 32.4 Å². The Morgan fingerprint density at radius 2 is 1.80 bits per heavy atom. The molecule has 1 saturated heterocycles. The largest absolute Gasteiger partial charge is 0.444 e. The summed E-state index contributed by atoms with van der Waals surface area (Å²) in [4.78, 5) is 35.2. The first kappa shape index (κ1) is 32.3. The molecule has 44 heavy (non-hydrogen) atoms. The van der Waals surface area contributed by atoms with E-state index in [4.69, 9.17) is 14.5 Å². The molecule has 12 heteroatoms. The minimum absolute atomic E-state index is 0.167. The molecule has 0 unspecified atom stereocenters. The van der Waals surface area contributed by atoms with Crippen molar-refractivity contribution in [3.63, 3.8) is 0 Å². The first-order chi connectivity index (χ1) is 20.7. The lowest BCUT2D eigenvalue weighted by atomic mass is 9.99. The van der Waals surface area contributed by atoms with Crippen molar-refractivity contribution in [2.75, 3.05) is 36.5 Å². The average molecular weight is 610 g/mol. The zero-order valence-corrected chi connectivity index (χ0v) is 25.1. The van der Waals surface area contributed by atoms with Crippen molar-refractivity contribution in [3.05, 3.63) is 71.2 Å². The lowest BCUT2D eigenvalue weighted by Gasteiger charge is -2.28. The van der Waals surface area contributed by atoms with Gasteiger partial charge in [0.1, 0.15) is 22.8 Å². The van der Waals surface area contributed by atoms with Crippen LogP contribution < -0.4 is 15.5 Å². The van der Waals surface area contributed by atoms with Crippen LogP contribution in [0.5, 0.6) is 0 Å². The van der Waals surface area contributed by atoms with Crippen molar-refractivity contribution in [2.24, 2.45) is 0 Å². The van der Waals surface area contributed by atoms with Gasteiger partial charge in [-0.3, -0.25) is 9.78 Å². The Morgan fingerprint density at radius 3 is 2.48 bits per heavy atom. The Bertz CT molecular complexity index is 1590. The van der Waals surface area contributed by atoms with Gasteiger partial charge in [-0.15, -0.1) is 0 Å². The number of nitrogens with zero attached hydrogens (tertiary/aromatic N) is 3. The summed E-state index contributed by atoms with van der Waals surface area (Å²) >= 11 is 0. The zero-order chi connectivity index (χ0) is 32.1. The fraction of sp³-hybridized carbons (Fsp3) is 0.375. The Labute approximate surface area is 254 Å². The normalized spacial score (nSPS) is 14.2. The van der Waals surface area contributed by atoms with Crippen LogP contribution in [-0.2, 0) is 15.7 Å². The third-order valence-corrected chi connectivity index (χ3v) is 6.42. The van der Waals surface area contributed by atoms with Crippen LogP contribution >= 0.6 is 0 Å². The van der Waals surface area contributed by atoms with Crippen molar-refractivity contribution in [2.45, 2.75) is 52.4 Å². The fourth-order valence-electron chi connectivity index (χ4n) is 4.33. The first-order valence-electron chi connectivity index (χ1n) is 14.0. The molecule has 0 spiro atoms. The molecule has 0 bridgehead atoms. The molecule has 9 nitrogen and oxygen atoms in total. The van der Waals surface area contributed by atoms with Gasteiger partial charge in [0.15, 0.2) is 0 Å². The summed E-state index contributed by atoms with van der Waals surface area (Å²) in [5.41, 5.74) is 1.34. The van der Waals surface area contributed by atoms with Gasteiger partial charge >= 0.3 is 12.3 Å². The lowest BCUT2D eigenvalue weighted by molar-refractivity contribution is -0.141. The molecule has 2 amide bonds. The molecule has 232 valence electrons. The number of morpholine rings is 1. The van der Waals surface area contributed by atoms with E-state index in [1.807, 2.05) is 25.1 Å². The van der Waals surface area contributed by atoms with E-state index >= 15 is 0 Å². The third-order valence-electron chi connectivity index (χ3n) is 6.42. The molecule has 4 rings (SSSR count). The number of aryl methyl sites for hydroxylation is 1. The van der Waals surface area contributed by atoms with Crippen molar-refractivity contribution < 1.29 is 32.2 Å². The number of pyridine rings is 2. The average Bonchev–Trinajstić information content (AvgIpc) is 2.96. The SMILES string of the molecule is Cc1ccc(NC(=O)c2ccnc(C(F)(F)F)c2)cc1-c1cc(C#C[C@@H](C)NC(=O)OC(C)(C)C)nc(N2CCOCC2)c1. The van der Waals surface area contributed by atoms with Crippen LogP contribution in [0.4, 0.5) is 29.5 Å². The highest BCUT2D eigenvalue weighted by molar-refractivity contribution is 6.04. The van der Waals surface area contributed by atoms with Crippen LogP contribution in [0.2, 0.25) is 0 Å². The van der Waals surface area contributed by atoms with Gasteiger partial charge in [-0.25, -0.2) is 9.78 Å². The number of hydrogen-bond acceptors (Lipinski definition) is 7. The van der Waals surface area contributed by atoms with Crippen molar-refractivity contribution >= 4 is 23.5 Å². The number of aromatic nitrogens is 2. The van der Waals surface area contributed by atoms with Gasteiger partial charge in [0.05, 0.1) is 19.3 Å². The number of alkyl halides is 3. The molecule has 1 atom stereocenters. The van der Waals surface area contributed by atoms with E-state index in [9.17, 15) is 22.8 Å². The molecule has 2 N–H and O–H groups in total. The molecule has 2 aromatic heterocycles. The molecule has 1 aliphatic rings. The quantitative estimate of drug-likeness (QED) is 0.351. The van der Waals surface area contributed by atoms with Crippen LogP contribution in [0.15, 0.2) is 48.7 Å². The standard InChI is InChI=1S/C32H34F3N5O4/c1-20-6-8-25(39-29(41)22-10-11-36-27(17-22)32(33,34)35)19-26(20)23-16-24(38-28(18-23)40-12-14-43-15-13-40)9-7-21(2)37-30(42)44-31(3,4)5/h6,8,10-11,16-19,21H,12-15H2,1-5H3,(H,37,42)(H,39,41)/t21-/m1/s1. The van der Waals surface area contributed by atoms with Crippen LogP contribution in [0, 0.1) is 18.8 Å². The van der Waals surface area contributed by atoms with Gasteiger partial charge < -0.3 is 25.0 Å². The maximum absolute atomic E-state index is 13.1. The molecule has 3 aromatic rings. The third kappa shape index (κ3) is 8.94. The molecular formula is C32H34F3N5O4. The van der Waals surface area contributed by atoms with E-state index < -0.39 is 35.5 Å². The summed E-state index contributed by atoms with van der Waals surface area (Å²) in [6.07, 6.45) is -4.29. The van der Waals surface area contributed by atoms with Gasteiger partial charge in [-0.1, -0.05) is 12.0 Å². The van der Waals surface area contributed by atoms with Crippen LogP contribution in [-0.4, -0.2) is 59.9 Å². The van der Waals surface area contributed by atoms with Crippen LogP contribution in [0.1, 0.15) is 55.0 Å². The number of nitrogens with one attached hydrogen (secondary N) is 2. The van der Waals surface area contributed by atoms with Crippen molar-refractivity contribution in [1.82, 2.24) is 15.3 Å². The number of benzene rings is 1. The van der Waals surface area contributed by atoms with Crippen molar-refractivity contribution in [3.8, 4) is 23.0 Å². The highest BCUT2D eigenvalue weighted by Crippen LogP contribution is 2.31. The second-order valence-electron chi connectivity index (χ2n) is 11.2. The summed E-state index contributed by atoms with van der Waals surface area (Å²) < 4.78 is 50.1. The van der Waals surface area contributed by atoms with Gasteiger partial charge in [-0.2, -0.15) is 13.2 Å². The highest BCUT2D eigenvalue weighted by Gasteiger charge is 2.33. The number of halogens is 3. The van der Waals surface area contributed by atoms with E-state index in [-0.39, 0.29) is 5.56 Å². The number of ether oxygens (including phenoxy) is 2. The molecule has 3 heterocycles. The predicted octanol–water partition coefficient (Wildman–Crippen LogP) is 5.82. The van der Waals surface area contributed by atoms with E-state index in [0.717, 1.165) is 22.9 Å². The first-order valence-corrected chi connectivity index (χ1v) is 14.0. The second kappa shape index (κ2) is 13.3. The van der Waals surface area contributed by atoms with E-state index in [1.165, 1.54) is 6.07 Å². The molecule has 1 aromatic carbocycles. The molecule has 1 fully saturated rings. The number of rotatable bonds is 5. The van der Waals surface area contributed by atoms with Crippen LogP contribution in [0.3, 0.4) is 0 Å². The summed E-state index contributed by atoms with van der Waals surface area (Å²) in [6.45, 7) is 11.4. The number of carbonyl (C=O) groups is 2. The van der Waals surface area contributed by atoms with Crippen molar-refractivity contribution in [1.29, 1.82) is 0 Å². The predicted molar refractivity (Wildman–Crippen MR) is 160 cm³/mol. The van der Waals surface area contributed by atoms with Gasteiger partial charge in [-0.05, 0) is 93.6 Å². The summed E-state index contributed by atoms with van der Waals surface area (Å²) in [7, 11) is 0. The smallest absolute Gasteiger partial charge is 0.433 e. The summed E-state index contributed by atoms with van der Waals surface area (Å²) in [6, 6.07) is 10.4. The van der Waals surface area contributed by atoms with Gasteiger partial charge in [0.25, 0.3) is 5.91 Å². The maximum atomic E-state index is 13.1. The highest BCUT2D eigenvalue weighted by atomic mass is 19.4. The number of anilines is 2. The molecule has 0 aliphatic carbocycles. The van der Waals surface area contributed by atoms with Crippen LogP contribution in [0.25, 0.3) is 11.1 Å².